The Morgan fingerprint density at radius 1 is 0.464 bits per heavy atom. The van der Waals surface area contributed by atoms with Gasteiger partial charge in [-0.1, -0.05) is 23.2 Å². The molecular weight excluding hydrogens is 1130 g/mol. The second kappa shape index (κ2) is 26.4. The van der Waals surface area contributed by atoms with Crippen LogP contribution in [0.25, 0.3) is 32.7 Å². The zero-order valence-electron chi connectivity index (χ0n) is 46.6. The minimum Gasteiger partial charge on any atom is -0.481 e. The van der Waals surface area contributed by atoms with E-state index in [2.05, 4.69) is 31.0 Å². The van der Waals surface area contributed by atoms with Crippen LogP contribution in [0.5, 0.6) is 0 Å². The molecule has 0 aliphatic heterocycles. The number of carbonyl (C=O) groups is 3. The molecule has 6 saturated carbocycles. The van der Waals surface area contributed by atoms with Crippen LogP contribution in [0, 0.1) is 70.7 Å². The molecule has 0 spiro atoms. The number of anilines is 1. The molecule has 0 amide bonds. The first-order chi connectivity index (χ1) is 40.5. The van der Waals surface area contributed by atoms with E-state index < -0.39 is 5.97 Å². The normalized spacial score (nSPS) is 26.3. The summed E-state index contributed by atoms with van der Waals surface area (Å²) in [5.74, 6) is 6.06. The Balaban J connectivity index is 0.000000124. The van der Waals surface area contributed by atoms with Crippen molar-refractivity contribution >= 4 is 90.3 Å². The third kappa shape index (κ3) is 14.4. The molecule has 5 aromatic heterocycles. The molecule has 3 N–H and O–H groups in total. The number of halogens is 6. The van der Waals surface area contributed by atoms with E-state index in [0.717, 1.165) is 115 Å². The molecule has 6 aliphatic rings. The minimum atomic E-state index is -0.679. The number of nitrogens with zero attached hydrogens (tertiary/aromatic N) is 5. The molecule has 6 aliphatic carbocycles. The van der Waals surface area contributed by atoms with Gasteiger partial charge in [-0.15, -0.1) is 0 Å². The predicted molar refractivity (Wildman–Crippen MR) is 324 cm³/mol. The number of ketones is 1. The van der Waals surface area contributed by atoms with Crippen molar-refractivity contribution < 1.29 is 32.7 Å². The van der Waals surface area contributed by atoms with Gasteiger partial charge in [0.05, 0.1) is 26.6 Å². The zero-order valence-corrected chi connectivity index (χ0v) is 48.9. The summed E-state index contributed by atoms with van der Waals surface area (Å²) in [5, 5.41) is 12.8. The summed E-state index contributed by atoms with van der Waals surface area (Å²) in [7, 11) is 0. The summed E-state index contributed by atoms with van der Waals surface area (Å²) >= 11 is 16.9. The monoisotopic (exact) mass is 1190 g/mol. The maximum atomic E-state index is 13.8. The highest BCUT2D eigenvalue weighted by molar-refractivity contribution is 6.63. The molecule has 16 heteroatoms. The lowest BCUT2D eigenvalue weighted by atomic mass is 9.89. The summed E-state index contributed by atoms with van der Waals surface area (Å²) < 4.78 is 41.1. The second-order valence-corrected chi connectivity index (χ2v) is 26.0. The Hall–Kier alpha value is -6.54. The molecule has 8 aromatic rings. The highest BCUT2D eigenvalue weighted by atomic mass is 35.5. The molecule has 3 aromatic carbocycles. The number of nitrogens with two attached hydrogens (primary N) is 1. The average Bonchev–Trinajstić information content (AvgIpc) is 3.34. The number of carboxylic acid groups (broad SMARTS) is 1. The summed E-state index contributed by atoms with van der Waals surface area (Å²) in [6, 6.07) is 27.6. The van der Waals surface area contributed by atoms with Crippen LogP contribution in [0.3, 0.4) is 0 Å². The number of aromatic nitrogens is 5. The fourth-order valence-electron chi connectivity index (χ4n) is 15.9. The Labute approximate surface area is 502 Å². The van der Waals surface area contributed by atoms with E-state index in [1.54, 1.807) is 60.8 Å². The number of Topliss-reactive ketones (excluding diaryl/α,β-unsaturated/α-hetero) is 1. The molecule has 14 rings (SSSR count). The van der Waals surface area contributed by atoms with Crippen molar-refractivity contribution in [3.05, 3.63) is 178 Å². The summed E-state index contributed by atoms with van der Waals surface area (Å²) in [6.45, 7) is 0. The SMILES string of the molecule is Nc1ccc(Cl)cn1.O=C(Cc1ccc(Cl)cn1)CC1C[C@@H]2CC(c3ccnc4ccc(F)cc34)C[C@@H]2C1.O=C(Cl)CC1C[C@@H]2CC(c3ccnc4ccc(F)cc34)C[C@@H]2C1.O=C(O)CC1C[C@@H]2CC(c3ccnc4ccc(F)cc34)C[C@@H]2C1. The smallest absolute Gasteiger partial charge is 0.303 e. The van der Waals surface area contributed by atoms with Gasteiger partial charge >= 0.3 is 5.97 Å². The Bertz CT molecular complexity index is 3480. The van der Waals surface area contributed by atoms with Gasteiger partial charge < -0.3 is 10.8 Å². The molecule has 0 radical (unpaired) electrons. The van der Waals surface area contributed by atoms with Gasteiger partial charge in [0.2, 0.25) is 5.24 Å². The van der Waals surface area contributed by atoms with Crippen molar-refractivity contribution in [1.29, 1.82) is 0 Å². The summed E-state index contributed by atoms with van der Waals surface area (Å²) in [6.07, 6.45) is 23.7. The molecular formula is C68H68Cl3F3N6O4. The van der Waals surface area contributed by atoms with Crippen LogP contribution >= 0.6 is 34.8 Å². The van der Waals surface area contributed by atoms with Crippen LogP contribution in [-0.2, 0) is 20.8 Å². The molecule has 6 unspecified atom stereocenters. The lowest BCUT2D eigenvalue weighted by molar-refractivity contribution is -0.138. The number of hydrogen-bond acceptors (Lipinski definition) is 9. The van der Waals surface area contributed by atoms with Crippen LogP contribution in [-0.4, -0.2) is 47.0 Å². The van der Waals surface area contributed by atoms with E-state index in [9.17, 15) is 27.6 Å². The van der Waals surface area contributed by atoms with Gasteiger partial charge in [0, 0.05) is 78.5 Å². The number of benzene rings is 3. The van der Waals surface area contributed by atoms with Gasteiger partial charge in [0.15, 0.2) is 0 Å². The highest BCUT2D eigenvalue weighted by Gasteiger charge is 2.45. The third-order valence-electron chi connectivity index (χ3n) is 19.2. The van der Waals surface area contributed by atoms with Gasteiger partial charge in [0.1, 0.15) is 29.1 Å². The number of fused-ring (bicyclic) bond motifs is 6. The van der Waals surface area contributed by atoms with Crippen molar-refractivity contribution in [3.8, 4) is 0 Å². The standard InChI is InChI=1S/C25H24ClFN2O.C19H19ClFNO.C19H20FNO2.C5H5ClN2/c26-19-1-3-21(29-14-19)13-22(30)9-15-7-16-10-18(11-17(16)8-15)23-5-6-28-25-4-2-20(27)12-24(23)25;20-19(23)7-11-5-12-8-14(9-13(12)6-11)16-3-4-22-18-2-1-15(21)10-17(16)18;20-15-1-2-18-17(10-15)16(3-4-21-18)14-8-12-5-11(7-19(22)23)6-13(12)9-14;6-4-1-2-5(7)8-3-4/h1-6,12,14-18H,7-11,13H2;1-4,10-14H,5-9H2;1-4,10-14H,5-9H2,(H,22,23);1-3H,(H2,7,8)/t15?,16-,17+,18?;2*11?,12-,13+,14?;. The molecule has 12 atom stereocenters. The van der Waals surface area contributed by atoms with Gasteiger partial charge in [-0.05, 0) is 273 Å². The Morgan fingerprint density at radius 2 is 0.833 bits per heavy atom. The third-order valence-corrected chi connectivity index (χ3v) is 19.8. The molecule has 10 nitrogen and oxygen atoms in total. The number of pyridine rings is 5. The number of carbonyl (C=O) groups excluding carboxylic acids is 2. The second-order valence-electron chi connectivity index (χ2n) is 24.7. The number of aliphatic carboxylic acids is 1. The fraction of sp³-hybridized carbons (Fsp3) is 0.412. The predicted octanol–water partition coefficient (Wildman–Crippen LogP) is 16.9. The van der Waals surface area contributed by atoms with Gasteiger partial charge in [-0.3, -0.25) is 34.3 Å². The summed E-state index contributed by atoms with van der Waals surface area (Å²) in [4.78, 5) is 55.6. The Morgan fingerprint density at radius 3 is 1.17 bits per heavy atom. The zero-order chi connectivity index (χ0) is 58.6. The van der Waals surface area contributed by atoms with E-state index in [1.165, 1.54) is 41.1 Å². The van der Waals surface area contributed by atoms with Gasteiger partial charge in [-0.25, -0.2) is 18.2 Å². The number of hydrogen-bond donors (Lipinski definition) is 2. The maximum absolute atomic E-state index is 13.8. The van der Waals surface area contributed by atoms with Crippen LogP contribution in [0.4, 0.5) is 19.0 Å². The van der Waals surface area contributed by atoms with Crippen molar-refractivity contribution in [3.63, 3.8) is 0 Å². The van der Waals surface area contributed by atoms with E-state index in [0.29, 0.717) is 113 Å². The highest BCUT2D eigenvalue weighted by Crippen LogP contribution is 2.56. The lowest BCUT2D eigenvalue weighted by Crippen LogP contribution is -2.10. The molecule has 6 fully saturated rings. The number of nitrogen functional groups attached to an aromatic ring is 1. The number of rotatable bonds is 11. The molecule has 84 heavy (non-hydrogen) atoms. The maximum Gasteiger partial charge on any atom is 0.303 e. The molecule has 436 valence electrons. The van der Waals surface area contributed by atoms with Crippen molar-refractivity contribution in [2.24, 2.45) is 53.3 Å². The van der Waals surface area contributed by atoms with Crippen LogP contribution < -0.4 is 5.73 Å². The summed E-state index contributed by atoms with van der Waals surface area (Å²) in [5.41, 5.74) is 12.3. The molecule has 5 heterocycles. The molecule has 0 saturated heterocycles. The van der Waals surface area contributed by atoms with Crippen molar-refractivity contribution in [1.82, 2.24) is 24.9 Å². The first-order valence-corrected chi connectivity index (χ1v) is 30.7. The van der Waals surface area contributed by atoms with E-state index in [1.807, 2.05) is 36.8 Å². The van der Waals surface area contributed by atoms with Gasteiger partial charge in [0.25, 0.3) is 0 Å². The minimum absolute atomic E-state index is 0.203. The van der Waals surface area contributed by atoms with Crippen LogP contribution in [0.2, 0.25) is 10.0 Å². The fourth-order valence-corrected chi connectivity index (χ4v) is 16.4. The van der Waals surface area contributed by atoms with Crippen molar-refractivity contribution in [2.45, 2.75) is 120 Å². The van der Waals surface area contributed by atoms with Crippen LogP contribution in [0.1, 0.15) is 136 Å². The average molecular weight is 1200 g/mol. The van der Waals surface area contributed by atoms with E-state index in [4.69, 9.17) is 45.6 Å². The van der Waals surface area contributed by atoms with E-state index >= 15 is 0 Å². The first-order valence-electron chi connectivity index (χ1n) is 29.6. The van der Waals surface area contributed by atoms with E-state index in [-0.39, 0.29) is 28.5 Å². The largest absolute Gasteiger partial charge is 0.481 e. The Kier molecular flexibility index (Phi) is 18.6. The van der Waals surface area contributed by atoms with Crippen molar-refractivity contribution in [2.75, 3.05) is 5.73 Å². The topological polar surface area (TPSA) is 162 Å². The van der Waals surface area contributed by atoms with Crippen LogP contribution in [0.15, 0.2) is 128 Å². The lowest BCUT2D eigenvalue weighted by Gasteiger charge is -2.16. The van der Waals surface area contributed by atoms with Gasteiger partial charge in [-0.2, -0.15) is 0 Å². The molecule has 0 bridgehead atoms. The first kappa shape index (κ1) is 59.2. The quantitative estimate of drug-likeness (QED) is 0.119. The number of carboxylic acids is 1.